The highest BCUT2D eigenvalue weighted by Gasteiger charge is 2.52. The number of carbonyl (C=O) groups is 2. The van der Waals surface area contributed by atoms with E-state index in [2.05, 4.69) is 0 Å². The van der Waals surface area contributed by atoms with Crippen molar-refractivity contribution in [2.24, 2.45) is 5.73 Å². The lowest BCUT2D eigenvalue weighted by Crippen LogP contribution is -2.69. The lowest BCUT2D eigenvalue weighted by molar-refractivity contribution is -0.158. The van der Waals surface area contributed by atoms with Gasteiger partial charge in [-0.1, -0.05) is 30.3 Å². The molecule has 31 heavy (non-hydrogen) atoms. The monoisotopic (exact) mass is 449 g/mol. The molecule has 0 spiro atoms. The summed E-state index contributed by atoms with van der Waals surface area (Å²) >= 11 is 0. The van der Waals surface area contributed by atoms with Crippen molar-refractivity contribution in [3.8, 4) is 5.75 Å². The Labute approximate surface area is 179 Å². The number of sulfonamides is 1. The molecule has 3 rings (SSSR count). The molecule has 10 nitrogen and oxygen atoms in total. The van der Waals surface area contributed by atoms with Crippen LogP contribution in [-0.2, 0) is 26.2 Å². The van der Waals surface area contributed by atoms with Crippen LogP contribution in [0.2, 0.25) is 0 Å². The summed E-state index contributed by atoms with van der Waals surface area (Å²) in [4.78, 5) is 25.4. The van der Waals surface area contributed by atoms with Crippen LogP contribution in [0.25, 0.3) is 0 Å². The largest absolute Gasteiger partial charge is 0.497 e. The molecule has 2 aromatic carbocycles. The zero-order chi connectivity index (χ0) is 22.6. The van der Waals surface area contributed by atoms with Crippen LogP contribution in [0, 0.1) is 0 Å². The first-order valence-electron chi connectivity index (χ1n) is 9.33. The second-order valence-electron chi connectivity index (χ2n) is 6.90. The van der Waals surface area contributed by atoms with Crippen LogP contribution in [0.5, 0.6) is 5.75 Å². The normalized spacial score (nSPS) is 19.6. The molecule has 2 aromatic rings. The quantitative estimate of drug-likeness (QED) is 0.655. The number of benzene rings is 2. The number of primary amides is 1. The highest BCUT2D eigenvalue weighted by molar-refractivity contribution is 7.89. The van der Waals surface area contributed by atoms with Crippen molar-refractivity contribution in [1.29, 1.82) is 0 Å². The Kier molecular flexibility index (Phi) is 6.48. The fourth-order valence-electron chi connectivity index (χ4n) is 3.18. The highest BCUT2D eigenvalue weighted by atomic mass is 32.2. The second-order valence-corrected chi connectivity index (χ2v) is 8.76. The maximum absolute atomic E-state index is 13.1. The zero-order valence-corrected chi connectivity index (χ0v) is 17.6. The van der Waals surface area contributed by atoms with Gasteiger partial charge >= 0.3 is 6.09 Å². The number of aliphatic hydroxyl groups is 1. The fraction of sp³-hybridized carbons (Fsp3) is 0.300. The minimum absolute atomic E-state index is 0.0148. The van der Waals surface area contributed by atoms with Gasteiger partial charge in [-0.15, -0.1) is 0 Å². The standard InChI is InChI=1S/C20H23N3O7S/c1-29-16-7-9-17(10-8-16)31(27,28)23-12-11-22(14-20(23,26)18(21)24)19(25)30-13-15-5-3-2-4-6-15/h2-10,26H,11-14H2,1H3,(H2,21,24). The van der Waals surface area contributed by atoms with Crippen LogP contribution < -0.4 is 10.5 Å². The topological polar surface area (TPSA) is 139 Å². The number of methoxy groups -OCH3 is 1. The van der Waals surface area contributed by atoms with Crippen molar-refractivity contribution >= 4 is 22.0 Å². The van der Waals surface area contributed by atoms with E-state index in [1.54, 1.807) is 24.3 Å². The first-order chi connectivity index (χ1) is 14.7. The van der Waals surface area contributed by atoms with E-state index in [9.17, 15) is 23.1 Å². The summed E-state index contributed by atoms with van der Waals surface area (Å²) in [7, 11) is -2.86. The molecule has 1 fully saturated rings. The van der Waals surface area contributed by atoms with E-state index >= 15 is 0 Å². The van der Waals surface area contributed by atoms with Crippen LogP contribution in [0.4, 0.5) is 4.79 Å². The third-order valence-corrected chi connectivity index (χ3v) is 6.84. The maximum Gasteiger partial charge on any atom is 0.410 e. The summed E-state index contributed by atoms with van der Waals surface area (Å²) in [6, 6.07) is 14.4. The molecule has 1 unspecified atom stereocenters. The molecule has 3 N–H and O–H groups in total. The molecule has 1 saturated heterocycles. The third-order valence-electron chi connectivity index (χ3n) is 4.90. The molecule has 2 amide bonds. The number of carbonyl (C=O) groups excluding carboxylic acids is 2. The van der Waals surface area contributed by atoms with E-state index < -0.39 is 34.3 Å². The van der Waals surface area contributed by atoms with Gasteiger partial charge in [-0.2, -0.15) is 4.31 Å². The minimum atomic E-state index is -4.30. The van der Waals surface area contributed by atoms with Crippen LogP contribution >= 0.6 is 0 Å². The SMILES string of the molecule is COc1ccc(S(=O)(=O)N2CCN(C(=O)OCc3ccccc3)CC2(O)C(N)=O)cc1. The number of hydrogen-bond donors (Lipinski definition) is 2. The summed E-state index contributed by atoms with van der Waals surface area (Å²) in [6.45, 7) is -1.13. The zero-order valence-electron chi connectivity index (χ0n) is 16.8. The Morgan fingerprint density at radius 1 is 1.10 bits per heavy atom. The lowest BCUT2D eigenvalue weighted by atomic mass is 10.1. The number of amides is 2. The van der Waals surface area contributed by atoms with Crippen molar-refractivity contribution in [2.75, 3.05) is 26.7 Å². The molecule has 11 heteroatoms. The Morgan fingerprint density at radius 3 is 2.32 bits per heavy atom. The van der Waals surface area contributed by atoms with Gasteiger partial charge in [0.1, 0.15) is 12.4 Å². The fourth-order valence-corrected chi connectivity index (χ4v) is 4.78. The second kappa shape index (κ2) is 8.92. The number of nitrogens with zero attached hydrogens (tertiary/aromatic N) is 2. The Hall–Kier alpha value is -3.15. The summed E-state index contributed by atoms with van der Waals surface area (Å²) in [6.07, 6.45) is -0.801. The van der Waals surface area contributed by atoms with Gasteiger partial charge in [-0.05, 0) is 29.8 Å². The van der Waals surface area contributed by atoms with Gasteiger partial charge in [-0.3, -0.25) is 4.79 Å². The van der Waals surface area contributed by atoms with Crippen LogP contribution in [0.15, 0.2) is 59.5 Å². The Morgan fingerprint density at radius 2 is 1.74 bits per heavy atom. The molecule has 0 bridgehead atoms. The van der Waals surface area contributed by atoms with Crippen molar-refractivity contribution in [3.05, 3.63) is 60.2 Å². The molecule has 0 radical (unpaired) electrons. The lowest BCUT2D eigenvalue weighted by Gasteiger charge is -2.43. The van der Waals surface area contributed by atoms with E-state index in [0.717, 1.165) is 10.5 Å². The number of β-amino-alcohol motifs (C(OH)–C–C–N with tert-alkyl or cyclic N) is 1. The number of rotatable bonds is 6. The number of piperazine rings is 1. The van der Waals surface area contributed by atoms with E-state index in [1.165, 1.54) is 31.4 Å². The molecule has 0 saturated carbocycles. The van der Waals surface area contributed by atoms with E-state index in [4.69, 9.17) is 15.2 Å². The van der Waals surface area contributed by atoms with Crippen molar-refractivity contribution < 1.29 is 32.6 Å². The van der Waals surface area contributed by atoms with Gasteiger partial charge in [0.25, 0.3) is 5.91 Å². The molecule has 0 aliphatic carbocycles. The molecule has 1 aliphatic heterocycles. The molecule has 1 heterocycles. The average Bonchev–Trinajstić information content (AvgIpc) is 2.77. The van der Waals surface area contributed by atoms with Crippen LogP contribution in [0.3, 0.4) is 0 Å². The van der Waals surface area contributed by atoms with Gasteiger partial charge in [0.2, 0.25) is 15.7 Å². The molecule has 1 aliphatic rings. The first kappa shape index (κ1) is 22.5. The summed E-state index contributed by atoms with van der Waals surface area (Å²) in [5.74, 6) is -0.861. The van der Waals surface area contributed by atoms with Gasteiger partial charge < -0.3 is 25.2 Å². The molecule has 166 valence electrons. The Balaban J connectivity index is 1.78. The van der Waals surface area contributed by atoms with Gasteiger partial charge in [-0.25, -0.2) is 13.2 Å². The van der Waals surface area contributed by atoms with Crippen molar-refractivity contribution in [1.82, 2.24) is 9.21 Å². The van der Waals surface area contributed by atoms with E-state index in [0.29, 0.717) is 10.1 Å². The third kappa shape index (κ3) is 4.63. The van der Waals surface area contributed by atoms with E-state index in [1.807, 2.05) is 6.07 Å². The minimum Gasteiger partial charge on any atom is -0.497 e. The van der Waals surface area contributed by atoms with Crippen LogP contribution in [0.1, 0.15) is 5.56 Å². The molecular formula is C20H23N3O7S. The molecule has 0 aromatic heterocycles. The summed E-state index contributed by atoms with van der Waals surface area (Å²) < 4.78 is 37.0. The van der Waals surface area contributed by atoms with Crippen molar-refractivity contribution in [2.45, 2.75) is 17.2 Å². The Bertz CT molecular complexity index is 1040. The number of ether oxygens (including phenoxy) is 2. The number of hydrogen-bond acceptors (Lipinski definition) is 7. The van der Waals surface area contributed by atoms with Crippen molar-refractivity contribution in [3.63, 3.8) is 0 Å². The van der Waals surface area contributed by atoms with Gasteiger partial charge in [0.05, 0.1) is 18.6 Å². The van der Waals surface area contributed by atoms with Crippen LogP contribution in [-0.4, -0.2) is 67.2 Å². The molecule has 1 atom stereocenters. The van der Waals surface area contributed by atoms with Gasteiger partial charge in [0, 0.05) is 13.1 Å². The first-order valence-corrected chi connectivity index (χ1v) is 10.8. The summed E-state index contributed by atoms with van der Waals surface area (Å²) in [5, 5.41) is 10.9. The smallest absolute Gasteiger partial charge is 0.410 e. The average molecular weight is 449 g/mol. The molecular weight excluding hydrogens is 426 g/mol. The predicted octanol–water partition coefficient (Wildman–Crippen LogP) is 0.512. The van der Waals surface area contributed by atoms with Gasteiger partial charge in [0.15, 0.2) is 0 Å². The number of nitrogens with two attached hydrogens (primary N) is 1. The summed E-state index contributed by atoms with van der Waals surface area (Å²) in [5.41, 5.74) is 3.46. The maximum atomic E-state index is 13.1. The van der Waals surface area contributed by atoms with E-state index in [-0.39, 0.29) is 24.6 Å². The predicted molar refractivity (Wildman–Crippen MR) is 109 cm³/mol. The highest BCUT2D eigenvalue weighted by Crippen LogP contribution is 2.28.